The Labute approximate surface area is 84.6 Å². The minimum Gasteiger partial charge on any atom is -0.118 e. The van der Waals surface area contributed by atoms with Crippen LogP contribution in [0.2, 0.25) is 0 Å². The Morgan fingerprint density at radius 1 is 1.17 bits per heavy atom. The summed E-state index contributed by atoms with van der Waals surface area (Å²) in [5, 5.41) is 0. The molecule has 0 aromatic rings. The average molecular weight is 207 g/mol. The van der Waals surface area contributed by atoms with Crippen molar-refractivity contribution in [1.29, 1.82) is 0 Å². The van der Waals surface area contributed by atoms with Crippen LogP contribution < -0.4 is 0 Å². The maximum absolute atomic E-state index is 6.59. The standard InChI is InChI=1S/C10H16Cl2/c1-8(2)7-4-5-9(3,11)10(8,12)6-7/h7H,4-6H2,1-3H3. The van der Waals surface area contributed by atoms with Crippen molar-refractivity contribution in [2.45, 2.75) is 49.8 Å². The summed E-state index contributed by atoms with van der Waals surface area (Å²) in [4.78, 5) is -0.336. The van der Waals surface area contributed by atoms with Crippen molar-refractivity contribution in [2.75, 3.05) is 0 Å². The predicted molar refractivity (Wildman–Crippen MR) is 54.0 cm³/mol. The Morgan fingerprint density at radius 3 is 2.08 bits per heavy atom. The van der Waals surface area contributed by atoms with Gasteiger partial charge in [-0.05, 0) is 37.5 Å². The largest absolute Gasteiger partial charge is 0.118 e. The molecule has 0 saturated heterocycles. The number of hydrogen-bond donors (Lipinski definition) is 0. The van der Waals surface area contributed by atoms with Crippen molar-refractivity contribution in [3.05, 3.63) is 0 Å². The molecule has 3 aliphatic rings. The van der Waals surface area contributed by atoms with Crippen molar-refractivity contribution in [3.8, 4) is 0 Å². The summed E-state index contributed by atoms with van der Waals surface area (Å²) in [5.74, 6) is 0.807. The lowest BCUT2D eigenvalue weighted by molar-refractivity contribution is -0.0633. The SMILES string of the molecule is CC1(Cl)CCC2CC1(Cl)C2(C)C. The van der Waals surface area contributed by atoms with Gasteiger partial charge in [-0.1, -0.05) is 13.8 Å². The van der Waals surface area contributed by atoms with E-state index in [1.165, 1.54) is 6.42 Å². The minimum atomic E-state index is -0.188. The number of halogens is 2. The van der Waals surface area contributed by atoms with Gasteiger partial charge in [0.15, 0.2) is 0 Å². The molecule has 0 aromatic carbocycles. The summed E-state index contributed by atoms with van der Waals surface area (Å²) in [7, 11) is 0. The third-order valence-electron chi connectivity index (χ3n) is 4.36. The molecule has 0 aromatic heterocycles. The lowest BCUT2D eigenvalue weighted by atomic mass is 9.45. The van der Waals surface area contributed by atoms with Gasteiger partial charge in [-0.2, -0.15) is 0 Å². The Hall–Kier alpha value is 0.580. The Morgan fingerprint density at radius 2 is 1.75 bits per heavy atom. The first-order chi connectivity index (χ1) is 5.31. The van der Waals surface area contributed by atoms with Gasteiger partial charge in [0.1, 0.15) is 0 Å². The zero-order chi connectivity index (χ0) is 9.20. The van der Waals surface area contributed by atoms with E-state index in [2.05, 4.69) is 20.8 Å². The normalized spacial score (nSPS) is 56.2. The second-order valence-corrected chi connectivity index (χ2v) is 6.64. The molecule has 2 heteroatoms. The van der Waals surface area contributed by atoms with Gasteiger partial charge in [-0.3, -0.25) is 0 Å². The molecule has 3 aliphatic carbocycles. The van der Waals surface area contributed by atoms with Crippen LogP contribution in [0.5, 0.6) is 0 Å². The predicted octanol–water partition coefficient (Wildman–Crippen LogP) is 3.80. The number of hydrogen-bond acceptors (Lipinski definition) is 0. The van der Waals surface area contributed by atoms with Gasteiger partial charge in [0.25, 0.3) is 0 Å². The van der Waals surface area contributed by atoms with Gasteiger partial charge in [-0.15, -0.1) is 23.2 Å². The van der Waals surface area contributed by atoms with Gasteiger partial charge in [-0.25, -0.2) is 0 Å². The average Bonchev–Trinajstić information content (AvgIpc) is 1.94. The molecule has 3 atom stereocenters. The molecule has 0 N–H and O–H groups in total. The van der Waals surface area contributed by atoms with Crippen LogP contribution in [0.3, 0.4) is 0 Å². The van der Waals surface area contributed by atoms with Crippen LogP contribution >= 0.6 is 23.2 Å². The van der Waals surface area contributed by atoms with Gasteiger partial charge in [0, 0.05) is 0 Å². The molecule has 0 nitrogen and oxygen atoms in total. The highest BCUT2D eigenvalue weighted by atomic mass is 35.5. The number of rotatable bonds is 0. The van der Waals surface area contributed by atoms with Crippen molar-refractivity contribution < 1.29 is 0 Å². The zero-order valence-corrected chi connectivity index (χ0v) is 9.47. The molecule has 3 unspecified atom stereocenters. The van der Waals surface area contributed by atoms with Crippen molar-refractivity contribution in [1.82, 2.24) is 0 Å². The Kier molecular flexibility index (Phi) is 1.64. The fourth-order valence-electron chi connectivity index (χ4n) is 3.04. The quantitative estimate of drug-likeness (QED) is 0.530. The smallest absolute Gasteiger partial charge is 0.0691 e. The van der Waals surface area contributed by atoms with Crippen LogP contribution in [-0.2, 0) is 0 Å². The Balaban J connectivity index is 2.37. The van der Waals surface area contributed by atoms with Crippen LogP contribution in [-0.4, -0.2) is 9.75 Å². The van der Waals surface area contributed by atoms with E-state index in [9.17, 15) is 0 Å². The first-order valence-corrected chi connectivity index (χ1v) is 5.45. The van der Waals surface area contributed by atoms with E-state index in [4.69, 9.17) is 23.2 Å². The third-order valence-corrected chi connectivity index (χ3v) is 6.02. The van der Waals surface area contributed by atoms with Crippen molar-refractivity contribution >= 4 is 23.2 Å². The van der Waals surface area contributed by atoms with E-state index in [1.54, 1.807) is 0 Å². The first kappa shape index (κ1) is 9.15. The molecule has 12 heavy (non-hydrogen) atoms. The number of alkyl halides is 2. The van der Waals surface area contributed by atoms with Gasteiger partial charge in [0.05, 0.1) is 9.75 Å². The second-order valence-electron chi connectivity index (χ2n) is 5.16. The van der Waals surface area contributed by atoms with Crippen LogP contribution in [0.1, 0.15) is 40.0 Å². The monoisotopic (exact) mass is 206 g/mol. The summed E-state index contributed by atoms with van der Waals surface area (Å²) in [5.41, 5.74) is 0.239. The fourth-order valence-corrected chi connectivity index (χ4v) is 3.91. The first-order valence-electron chi connectivity index (χ1n) is 4.69. The summed E-state index contributed by atoms with van der Waals surface area (Å²) >= 11 is 13.0. The lowest BCUT2D eigenvalue weighted by Gasteiger charge is -2.68. The van der Waals surface area contributed by atoms with Gasteiger partial charge >= 0.3 is 0 Å². The molecule has 0 amide bonds. The van der Waals surface area contributed by atoms with Crippen molar-refractivity contribution in [3.63, 3.8) is 0 Å². The minimum absolute atomic E-state index is 0.148. The molecule has 3 fully saturated rings. The van der Waals surface area contributed by atoms with E-state index < -0.39 is 0 Å². The van der Waals surface area contributed by atoms with Crippen LogP contribution in [0, 0.1) is 11.3 Å². The maximum atomic E-state index is 6.59. The molecule has 70 valence electrons. The molecule has 0 heterocycles. The highest BCUT2D eigenvalue weighted by Gasteiger charge is 2.69. The second kappa shape index (κ2) is 2.15. The highest BCUT2D eigenvalue weighted by molar-refractivity contribution is 6.35. The summed E-state index contributed by atoms with van der Waals surface area (Å²) < 4.78 is 0. The molecule has 3 rings (SSSR count). The van der Waals surface area contributed by atoms with Crippen LogP contribution in [0.25, 0.3) is 0 Å². The molecule has 0 spiro atoms. The molecular weight excluding hydrogens is 191 g/mol. The lowest BCUT2D eigenvalue weighted by Crippen LogP contribution is -2.69. The van der Waals surface area contributed by atoms with Crippen LogP contribution in [0.4, 0.5) is 0 Å². The fraction of sp³-hybridized carbons (Fsp3) is 1.00. The van der Waals surface area contributed by atoms with E-state index >= 15 is 0 Å². The van der Waals surface area contributed by atoms with E-state index in [0.29, 0.717) is 0 Å². The number of fused-ring (bicyclic) bond motifs is 2. The third kappa shape index (κ3) is 0.767. The summed E-state index contributed by atoms with van der Waals surface area (Å²) in [6, 6.07) is 0. The van der Waals surface area contributed by atoms with E-state index in [0.717, 1.165) is 18.8 Å². The van der Waals surface area contributed by atoms with Crippen molar-refractivity contribution in [2.24, 2.45) is 11.3 Å². The van der Waals surface area contributed by atoms with Gasteiger partial charge in [0.2, 0.25) is 0 Å². The van der Waals surface area contributed by atoms with Crippen LogP contribution in [0.15, 0.2) is 0 Å². The topological polar surface area (TPSA) is 0 Å². The van der Waals surface area contributed by atoms with Gasteiger partial charge < -0.3 is 0 Å². The highest BCUT2D eigenvalue weighted by Crippen LogP contribution is 2.70. The van der Waals surface area contributed by atoms with E-state index in [-0.39, 0.29) is 15.2 Å². The Bertz CT molecular complexity index is 210. The van der Waals surface area contributed by atoms with E-state index in [1.807, 2.05) is 0 Å². The molecule has 2 bridgehead atoms. The molecule has 3 saturated carbocycles. The summed E-state index contributed by atoms with van der Waals surface area (Å²) in [6.45, 7) is 6.61. The maximum Gasteiger partial charge on any atom is 0.0691 e. The summed E-state index contributed by atoms with van der Waals surface area (Å²) in [6.07, 6.45) is 3.44. The molecule has 0 radical (unpaired) electrons. The molecular formula is C10H16Cl2. The molecule has 0 aliphatic heterocycles. The zero-order valence-electron chi connectivity index (χ0n) is 7.95.